The zero-order valence-corrected chi connectivity index (χ0v) is 19.2. The highest BCUT2D eigenvalue weighted by molar-refractivity contribution is 5.86. The van der Waals surface area contributed by atoms with Crippen LogP contribution in [0.1, 0.15) is 86.5 Å². The summed E-state index contributed by atoms with van der Waals surface area (Å²) in [4.78, 5) is 2.74. The van der Waals surface area contributed by atoms with Crippen LogP contribution >= 0.6 is 0 Å². The van der Waals surface area contributed by atoms with E-state index in [0.717, 1.165) is 18.8 Å². The van der Waals surface area contributed by atoms with Crippen LogP contribution in [-0.2, 0) is 12.8 Å². The third kappa shape index (κ3) is 4.98. The Kier molecular flexibility index (Phi) is 6.89. The molecule has 0 radical (unpaired) electrons. The van der Waals surface area contributed by atoms with Gasteiger partial charge in [0.2, 0.25) is 0 Å². The van der Waals surface area contributed by atoms with Crippen molar-refractivity contribution >= 4 is 5.57 Å². The van der Waals surface area contributed by atoms with Crippen LogP contribution in [0.25, 0.3) is 5.57 Å². The standard InChI is InChI=1S/C30H39N/c1-2-10-24(11-3-1)12-8-9-21-31-22-19-27(20-23-31)30-28-15-6-4-13-25(28)17-18-26-14-5-7-16-29(26)30/h4-7,13-16,24H,1-3,8-12,17-23H2. The van der Waals surface area contributed by atoms with E-state index in [1.807, 2.05) is 0 Å². The lowest BCUT2D eigenvalue weighted by atomic mass is 9.85. The highest BCUT2D eigenvalue weighted by Crippen LogP contribution is 2.38. The Balaban J connectivity index is 1.24. The molecular formula is C30H39N. The van der Waals surface area contributed by atoms with Gasteiger partial charge in [0.05, 0.1) is 0 Å². The van der Waals surface area contributed by atoms with Crippen molar-refractivity contribution in [1.29, 1.82) is 0 Å². The topological polar surface area (TPSA) is 3.24 Å². The van der Waals surface area contributed by atoms with Gasteiger partial charge in [-0.25, -0.2) is 0 Å². The smallest absolute Gasteiger partial charge is 0.00190 e. The van der Waals surface area contributed by atoms with Crippen molar-refractivity contribution in [2.75, 3.05) is 19.6 Å². The number of hydrogen-bond acceptors (Lipinski definition) is 1. The number of aryl methyl sites for hydroxylation is 2. The predicted octanol–water partition coefficient (Wildman–Crippen LogP) is 7.43. The largest absolute Gasteiger partial charge is 0.303 e. The van der Waals surface area contributed by atoms with Gasteiger partial charge < -0.3 is 4.90 Å². The lowest BCUT2D eigenvalue weighted by Crippen LogP contribution is -2.32. The van der Waals surface area contributed by atoms with E-state index in [2.05, 4.69) is 53.4 Å². The number of hydrogen-bond donors (Lipinski definition) is 0. The number of benzene rings is 2. The second kappa shape index (κ2) is 10.2. The summed E-state index contributed by atoms with van der Waals surface area (Å²) in [7, 11) is 0. The van der Waals surface area contributed by atoms with Crippen molar-refractivity contribution in [1.82, 2.24) is 4.90 Å². The van der Waals surface area contributed by atoms with E-state index in [4.69, 9.17) is 0 Å². The van der Waals surface area contributed by atoms with Crippen LogP contribution < -0.4 is 0 Å². The molecule has 1 saturated carbocycles. The van der Waals surface area contributed by atoms with Gasteiger partial charge in [0.1, 0.15) is 0 Å². The van der Waals surface area contributed by atoms with Crippen LogP contribution in [-0.4, -0.2) is 24.5 Å². The molecule has 0 spiro atoms. The summed E-state index contributed by atoms with van der Waals surface area (Å²) in [5.41, 5.74) is 9.34. The van der Waals surface area contributed by atoms with Gasteiger partial charge in [0.15, 0.2) is 0 Å². The Hall–Kier alpha value is -1.86. The van der Waals surface area contributed by atoms with Gasteiger partial charge in [-0.3, -0.25) is 0 Å². The minimum atomic E-state index is 1.04. The fourth-order valence-electron chi connectivity index (χ4n) is 6.30. The first kappa shape index (κ1) is 21.0. The Morgan fingerprint density at radius 3 is 1.94 bits per heavy atom. The van der Waals surface area contributed by atoms with Crippen LogP contribution in [0, 0.1) is 5.92 Å². The van der Waals surface area contributed by atoms with Crippen molar-refractivity contribution in [2.45, 2.75) is 77.0 Å². The number of rotatable bonds is 5. The fourth-order valence-corrected chi connectivity index (χ4v) is 6.30. The first-order chi connectivity index (χ1) is 15.4. The molecule has 5 rings (SSSR count). The lowest BCUT2D eigenvalue weighted by Gasteiger charge is -2.31. The van der Waals surface area contributed by atoms with Gasteiger partial charge in [-0.15, -0.1) is 0 Å². The molecule has 0 aromatic heterocycles. The van der Waals surface area contributed by atoms with E-state index in [1.54, 1.807) is 11.1 Å². The first-order valence-electron chi connectivity index (χ1n) is 13.0. The fraction of sp³-hybridized carbons (Fsp3) is 0.533. The Morgan fingerprint density at radius 2 is 1.29 bits per heavy atom. The van der Waals surface area contributed by atoms with Crippen LogP contribution in [0.3, 0.4) is 0 Å². The van der Waals surface area contributed by atoms with Crippen molar-refractivity contribution in [3.63, 3.8) is 0 Å². The predicted molar refractivity (Wildman–Crippen MR) is 132 cm³/mol. The first-order valence-corrected chi connectivity index (χ1v) is 13.0. The summed E-state index contributed by atoms with van der Waals surface area (Å²) < 4.78 is 0. The van der Waals surface area contributed by atoms with E-state index in [1.165, 1.54) is 106 Å². The van der Waals surface area contributed by atoms with Gasteiger partial charge in [-0.05, 0) is 72.4 Å². The molecule has 0 atom stereocenters. The van der Waals surface area contributed by atoms with Gasteiger partial charge in [-0.2, -0.15) is 0 Å². The maximum atomic E-state index is 2.74. The Morgan fingerprint density at radius 1 is 0.677 bits per heavy atom. The van der Waals surface area contributed by atoms with E-state index >= 15 is 0 Å². The molecule has 1 nitrogen and oxygen atoms in total. The lowest BCUT2D eigenvalue weighted by molar-refractivity contribution is 0.244. The molecule has 2 aromatic carbocycles. The second-order valence-electron chi connectivity index (χ2n) is 10.1. The van der Waals surface area contributed by atoms with Gasteiger partial charge in [-0.1, -0.05) is 99.0 Å². The van der Waals surface area contributed by atoms with Crippen LogP contribution in [0.2, 0.25) is 0 Å². The molecule has 1 saturated heterocycles. The van der Waals surface area contributed by atoms with E-state index in [-0.39, 0.29) is 0 Å². The number of fused-ring (bicyclic) bond motifs is 2. The molecule has 3 aliphatic rings. The van der Waals surface area contributed by atoms with Gasteiger partial charge >= 0.3 is 0 Å². The molecule has 1 heteroatoms. The summed E-state index contributed by atoms with van der Waals surface area (Å²) in [6.07, 6.45) is 16.6. The highest BCUT2D eigenvalue weighted by Gasteiger charge is 2.23. The monoisotopic (exact) mass is 413 g/mol. The minimum Gasteiger partial charge on any atom is -0.303 e. The zero-order chi connectivity index (χ0) is 20.9. The van der Waals surface area contributed by atoms with Crippen LogP contribution in [0.4, 0.5) is 0 Å². The normalized spacial score (nSPS) is 20.3. The SMILES string of the molecule is c1ccc2c(c1)CCc1ccccc1C2=C1CCN(CCCCC2CCCCC2)CC1. The summed E-state index contributed by atoms with van der Waals surface area (Å²) in [6, 6.07) is 18.3. The van der Waals surface area contributed by atoms with E-state index < -0.39 is 0 Å². The summed E-state index contributed by atoms with van der Waals surface area (Å²) >= 11 is 0. The van der Waals surface area contributed by atoms with Crippen LogP contribution in [0.5, 0.6) is 0 Å². The van der Waals surface area contributed by atoms with Gasteiger partial charge in [0.25, 0.3) is 0 Å². The molecule has 164 valence electrons. The molecule has 1 aliphatic heterocycles. The summed E-state index contributed by atoms with van der Waals surface area (Å²) in [5, 5.41) is 0. The summed E-state index contributed by atoms with van der Waals surface area (Å²) in [5.74, 6) is 1.04. The Bertz CT molecular complexity index is 843. The molecule has 2 aromatic rings. The molecule has 0 bridgehead atoms. The van der Waals surface area contributed by atoms with E-state index in [0.29, 0.717) is 0 Å². The van der Waals surface area contributed by atoms with Crippen molar-refractivity contribution < 1.29 is 0 Å². The molecule has 2 aliphatic carbocycles. The number of likely N-dealkylation sites (tertiary alicyclic amines) is 1. The minimum absolute atomic E-state index is 1.04. The third-order valence-electron chi connectivity index (χ3n) is 8.11. The summed E-state index contributed by atoms with van der Waals surface area (Å²) in [6.45, 7) is 3.79. The molecule has 1 heterocycles. The maximum absolute atomic E-state index is 2.74. The molecule has 0 unspecified atom stereocenters. The number of nitrogens with zero attached hydrogens (tertiary/aromatic N) is 1. The third-order valence-corrected chi connectivity index (χ3v) is 8.11. The van der Waals surface area contributed by atoms with Crippen molar-refractivity contribution in [2.24, 2.45) is 5.92 Å². The average Bonchev–Trinajstić information content (AvgIpc) is 3.00. The van der Waals surface area contributed by atoms with E-state index in [9.17, 15) is 0 Å². The maximum Gasteiger partial charge on any atom is 0.00190 e. The quantitative estimate of drug-likeness (QED) is 0.461. The molecule has 31 heavy (non-hydrogen) atoms. The average molecular weight is 414 g/mol. The van der Waals surface area contributed by atoms with Gasteiger partial charge in [0, 0.05) is 13.1 Å². The Labute approximate surface area is 189 Å². The highest BCUT2D eigenvalue weighted by atomic mass is 15.1. The van der Waals surface area contributed by atoms with Crippen molar-refractivity contribution in [3.8, 4) is 0 Å². The molecule has 0 amide bonds. The van der Waals surface area contributed by atoms with Crippen LogP contribution in [0.15, 0.2) is 54.1 Å². The molecular weight excluding hydrogens is 374 g/mol. The number of unbranched alkanes of at least 4 members (excludes halogenated alkanes) is 1. The zero-order valence-electron chi connectivity index (χ0n) is 19.2. The number of piperidine rings is 1. The second-order valence-corrected chi connectivity index (χ2v) is 10.1. The molecule has 0 N–H and O–H groups in total. The van der Waals surface area contributed by atoms with Crippen molar-refractivity contribution in [3.05, 3.63) is 76.4 Å². The molecule has 2 fully saturated rings.